The Morgan fingerprint density at radius 2 is 1.95 bits per heavy atom. The predicted octanol–water partition coefficient (Wildman–Crippen LogP) is 2.34. The van der Waals surface area contributed by atoms with Gasteiger partial charge in [-0.25, -0.2) is 5.43 Å². The summed E-state index contributed by atoms with van der Waals surface area (Å²) in [6.45, 7) is 0. The first-order chi connectivity index (χ1) is 9.53. The first-order valence-corrected chi connectivity index (χ1v) is 8.13. The molecule has 1 aliphatic carbocycles. The van der Waals surface area contributed by atoms with Crippen molar-refractivity contribution in [1.82, 2.24) is 20.1 Å². The fourth-order valence-electron chi connectivity index (χ4n) is 3.57. The Morgan fingerprint density at radius 3 is 2.35 bits per heavy atom. The molecule has 1 heterocycles. The van der Waals surface area contributed by atoms with Gasteiger partial charge in [0.25, 0.3) is 0 Å². The van der Waals surface area contributed by atoms with Crippen LogP contribution in [0.1, 0.15) is 50.3 Å². The SMILES string of the molecule is CN(C)C1(C(NN)c2c(Br)cnn2C)CCCCCC1. The maximum Gasteiger partial charge on any atom is 0.0823 e. The Kier molecular flexibility index (Phi) is 5.23. The Balaban J connectivity index is 2.44. The van der Waals surface area contributed by atoms with Crippen molar-refractivity contribution in [3.05, 3.63) is 16.4 Å². The molecule has 114 valence electrons. The smallest absolute Gasteiger partial charge is 0.0823 e. The number of hydrogen-bond donors (Lipinski definition) is 2. The number of nitrogens with two attached hydrogens (primary N) is 1. The van der Waals surface area contributed by atoms with E-state index in [0.29, 0.717) is 0 Å². The van der Waals surface area contributed by atoms with Gasteiger partial charge in [-0.15, -0.1) is 0 Å². The van der Waals surface area contributed by atoms with Gasteiger partial charge in [0.05, 0.1) is 22.4 Å². The summed E-state index contributed by atoms with van der Waals surface area (Å²) in [5, 5.41) is 4.35. The summed E-state index contributed by atoms with van der Waals surface area (Å²) in [5.41, 5.74) is 4.24. The molecule has 1 aromatic heterocycles. The molecule has 0 aliphatic heterocycles. The Morgan fingerprint density at radius 1 is 1.35 bits per heavy atom. The van der Waals surface area contributed by atoms with E-state index in [1.165, 1.54) is 25.7 Å². The lowest BCUT2D eigenvalue weighted by molar-refractivity contribution is 0.0762. The van der Waals surface area contributed by atoms with E-state index in [4.69, 9.17) is 5.84 Å². The normalized spacial score (nSPS) is 20.9. The van der Waals surface area contributed by atoms with Gasteiger partial charge in [0, 0.05) is 12.6 Å². The van der Waals surface area contributed by atoms with Crippen molar-refractivity contribution in [3.63, 3.8) is 0 Å². The number of aromatic nitrogens is 2. The highest BCUT2D eigenvalue weighted by Crippen LogP contribution is 2.42. The van der Waals surface area contributed by atoms with E-state index in [0.717, 1.165) is 23.0 Å². The van der Waals surface area contributed by atoms with Gasteiger partial charge in [-0.3, -0.25) is 10.5 Å². The van der Waals surface area contributed by atoms with Crippen LogP contribution in [0.5, 0.6) is 0 Å². The van der Waals surface area contributed by atoms with E-state index in [9.17, 15) is 0 Å². The zero-order chi connectivity index (χ0) is 14.8. The van der Waals surface area contributed by atoms with Crippen LogP contribution in [0.3, 0.4) is 0 Å². The first kappa shape index (κ1) is 15.9. The largest absolute Gasteiger partial charge is 0.302 e. The van der Waals surface area contributed by atoms with E-state index >= 15 is 0 Å². The summed E-state index contributed by atoms with van der Waals surface area (Å²) in [7, 11) is 6.31. The lowest BCUT2D eigenvalue weighted by atomic mass is 9.80. The molecule has 0 saturated heterocycles. The van der Waals surface area contributed by atoms with Gasteiger partial charge in [-0.2, -0.15) is 5.10 Å². The minimum absolute atomic E-state index is 0.0432. The van der Waals surface area contributed by atoms with Gasteiger partial charge < -0.3 is 4.90 Å². The molecule has 1 fully saturated rings. The standard InChI is InChI=1S/C14H26BrN5/c1-19(2)14(8-6-4-5-7-9-14)13(18-16)12-11(15)10-17-20(12)3/h10,13,18H,4-9,16H2,1-3H3. The van der Waals surface area contributed by atoms with Gasteiger partial charge in [0.2, 0.25) is 0 Å². The molecule has 0 amide bonds. The molecule has 2 rings (SSSR count). The number of halogens is 1. The van der Waals surface area contributed by atoms with Crippen molar-refractivity contribution < 1.29 is 0 Å². The molecule has 0 radical (unpaired) electrons. The predicted molar refractivity (Wildman–Crippen MR) is 85.1 cm³/mol. The second-order valence-electron chi connectivity index (χ2n) is 6.01. The Hall–Kier alpha value is -0.430. The van der Waals surface area contributed by atoms with Crippen molar-refractivity contribution in [3.8, 4) is 0 Å². The number of aryl methyl sites for hydroxylation is 1. The van der Waals surface area contributed by atoms with Crippen LogP contribution in [0, 0.1) is 0 Å². The fraction of sp³-hybridized carbons (Fsp3) is 0.786. The molecule has 0 aromatic carbocycles. The molecule has 1 aliphatic rings. The average molecular weight is 344 g/mol. The van der Waals surface area contributed by atoms with Gasteiger partial charge in [0.1, 0.15) is 0 Å². The van der Waals surface area contributed by atoms with E-state index in [2.05, 4.69) is 45.4 Å². The van der Waals surface area contributed by atoms with Crippen LogP contribution in [-0.2, 0) is 7.05 Å². The molecular formula is C14H26BrN5. The number of nitrogens with one attached hydrogen (secondary N) is 1. The van der Waals surface area contributed by atoms with E-state index in [-0.39, 0.29) is 11.6 Å². The number of likely N-dealkylation sites (N-methyl/N-ethyl adjacent to an activating group) is 1. The third-order valence-corrected chi connectivity index (χ3v) is 5.39. The van der Waals surface area contributed by atoms with Crippen molar-refractivity contribution in [1.29, 1.82) is 0 Å². The highest BCUT2D eigenvalue weighted by molar-refractivity contribution is 9.10. The first-order valence-electron chi connectivity index (χ1n) is 7.34. The van der Waals surface area contributed by atoms with Crippen LogP contribution < -0.4 is 11.3 Å². The topological polar surface area (TPSA) is 59.1 Å². The van der Waals surface area contributed by atoms with Crippen LogP contribution in [0.25, 0.3) is 0 Å². The zero-order valence-electron chi connectivity index (χ0n) is 12.7. The van der Waals surface area contributed by atoms with E-state index in [1.54, 1.807) is 0 Å². The second-order valence-corrected chi connectivity index (χ2v) is 6.87. The molecule has 0 bridgehead atoms. The summed E-state index contributed by atoms with van der Waals surface area (Å²) in [4.78, 5) is 2.35. The maximum absolute atomic E-state index is 5.97. The maximum atomic E-state index is 5.97. The Bertz CT molecular complexity index is 415. The van der Waals surface area contributed by atoms with Crippen LogP contribution in [0.4, 0.5) is 0 Å². The quantitative estimate of drug-likeness (QED) is 0.500. The molecule has 1 saturated carbocycles. The lowest BCUT2D eigenvalue weighted by Gasteiger charge is -2.45. The molecule has 0 spiro atoms. The van der Waals surface area contributed by atoms with Crippen LogP contribution in [0.2, 0.25) is 0 Å². The van der Waals surface area contributed by atoms with Crippen LogP contribution in [-0.4, -0.2) is 34.3 Å². The number of rotatable bonds is 4. The highest BCUT2D eigenvalue weighted by atomic mass is 79.9. The molecule has 3 N–H and O–H groups in total. The van der Waals surface area contributed by atoms with Gasteiger partial charge in [0.15, 0.2) is 0 Å². The summed E-state index contributed by atoms with van der Waals surface area (Å²) in [5.74, 6) is 5.97. The Labute approximate surface area is 130 Å². The summed E-state index contributed by atoms with van der Waals surface area (Å²) in [6.07, 6.45) is 9.31. The fourth-order valence-corrected chi connectivity index (χ4v) is 4.15. The molecular weight excluding hydrogens is 318 g/mol. The van der Waals surface area contributed by atoms with Gasteiger partial charge in [-0.05, 0) is 42.9 Å². The van der Waals surface area contributed by atoms with Crippen molar-refractivity contribution in [2.45, 2.75) is 50.1 Å². The van der Waals surface area contributed by atoms with Gasteiger partial charge >= 0.3 is 0 Å². The molecule has 1 unspecified atom stereocenters. The van der Waals surface area contributed by atoms with Crippen LogP contribution in [0.15, 0.2) is 10.7 Å². The van der Waals surface area contributed by atoms with Crippen molar-refractivity contribution in [2.24, 2.45) is 12.9 Å². The number of nitrogens with zero attached hydrogens (tertiary/aromatic N) is 3. The summed E-state index contributed by atoms with van der Waals surface area (Å²) >= 11 is 3.62. The summed E-state index contributed by atoms with van der Waals surface area (Å²) in [6, 6.07) is 0.0671. The molecule has 1 aromatic rings. The van der Waals surface area contributed by atoms with E-state index in [1.807, 2.05) is 17.9 Å². The highest BCUT2D eigenvalue weighted by Gasteiger charge is 2.43. The minimum Gasteiger partial charge on any atom is -0.302 e. The third kappa shape index (κ3) is 2.79. The summed E-state index contributed by atoms with van der Waals surface area (Å²) < 4.78 is 2.94. The van der Waals surface area contributed by atoms with E-state index < -0.39 is 0 Å². The molecule has 5 nitrogen and oxygen atoms in total. The monoisotopic (exact) mass is 343 g/mol. The van der Waals surface area contributed by atoms with Crippen molar-refractivity contribution in [2.75, 3.05) is 14.1 Å². The molecule has 6 heteroatoms. The average Bonchev–Trinajstić information content (AvgIpc) is 2.65. The van der Waals surface area contributed by atoms with Crippen LogP contribution >= 0.6 is 15.9 Å². The number of hydrogen-bond acceptors (Lipinski definition) is 4. The van der Waals surface area contributed by atoms with Gasteiger partial charge in [-0.1, -0.05) is 25.7 Å². The molecule has 1 atom stereocenters. The zero-order valence-corrected chi connectivity index (χ0v) is 14.3. The molecule has 20 heavy (non-hydrogen) atoms. The third-order valence-electron chi connectivity index (χ3n) is 4.78. The number of hydrazine groups is 1. The van der Waals surface area contributed by atoms with Crippen molar-refractivity contribution >= 4 is 15.9 Å². The lowest BCUT2D eigenvalue weighted by Crippen LogP contribution is -2.55. The second kappa shape index (κ2) is 6.56. The minimum atomic E-state index is 0.0432.